The van der Waals surface area contributed by atoms with Gasteiger partial charge in [-0.05, 0) is 43.7 Å². The van der Waals surface area contributed by atoms with Crippen molar-refractivity contribution in [3.05, 3.63) is 48.9 Å². The summed E-state index contributed by atoms with van der Waals surface area (Å²) in [6, 6.07) is 12.0. The minimum Gasteiger partial charge on any atom is -0.325 e. The first kappa shape index (κ1) is 20.2. The molecular weight excluding hydrogens is 373 g/mol. The fraction of sp³-hybridized carbons (Fsp3) is 0.278. The SMILES string of the molecule is Cl.Cl.O=C(CC1CCCN1)Nc1ccc(-n2cnc3ccccc32)nc1. The Morgan fingerprint density at radius 2 is 2.04 bits per heavy atom. The molecule has 0 saturated carbocycles. The first-order chi connectivity index (χ1) is 11.8. The predicted octanol–water partition coefficient (Wildman–Crippen LogP) is 3.34. The van der Waals surface area contributed by atoms with Gasteiger partial charge in [-0.1, -0.05) is 12.1 Å². The van der Waals surface area contributed by atoms with Crippen molar-refractivity contribution in [3.8, 4) is 5.82 Å². The van der Waals surface area contributed by atoms with Crippen LogP contribution in [-0.4, -0.2) is 33.0 Å². The maximum absolute atomic E-state index is 12.1. The van der Waals surface area contributed by atoms with Crippen molar-refractivity contribution >= 4 is 47.4 Å². The maximum Gasteiger partial charge on any atom is 0.225 e. The third kappa shape index (κ3) is 4.33. The summed E-state index contributed by atoms with van der Waals surface area (Å²) in [5.41, 5.74) is 2.65. The van der Waals surface area contributed by atoms with Gasteiger partial charge in [0.1, 0.15) is 12.1 Å². The quantitative estimate of drug-likeness (QED) is 0.712. The number of imidazole rings is 1. The van der Waals surface area contributed by atoms with E-state index in [-0.39, 0.29) is 30.7 Å². The zero-order valence-electron chi connectivity index (χ0n) is 14.1. The summed E-state index contributed by atoms with van der Waals surface area (Å²) in [5, 5.41) is 6.24. The molecule has 1 atom stereocenters. The topological polar surface area (TPSA) is 71.8 Å². The molecule has 8 heteroatoms. The van der Waals surface area contributed by atoms with Crippen LogP contribution in [0.25, 0.3) is 16.9 Å². The Hall–Kier alpha value is -2.15. The van der Waals surface area contributed by atoms with Crippen LogP contribution >= 0.6 is 24.8 Å². The summed E-state index contributed by atoms with van der Waals surface area (Å²) < 4.78 is 1.93. The number of benzene rings is 1. The van der Waals surface area contributed by atoms with E-state index in [1.54, 1.807) is 12.5 Å². The Kier molecular flexibility index (Phi) is 6.97. The van der Waals surface area contributed by atoms with Crippen LogP contribution in [0.2, 0.25) is 0 Å². The van der Waals surface area contributed by atoms with Gasteiger partial charge in [0, 0.05) is 12.5 Å². The Labute approximate surface area is 164 Å². The van der Waals surface area contributed by atoms with Crippen molar-refractivity contribution < 1.29 is 4.79 Å². The number of amides is 1. The van der Waals surface area contributed by atoms with Crippen LogP contribution < -0.4 is 10.6 Å². The van der Waals surface area contributed by atoms with Crippen LogP contribution in [0.5, 0.6) is 0 Å². The molecule has 0 aliphatic carbocycles. The maximum atomic E-state index is 12.1. The second-order valence-corrected chi connectivity index (χ2v) is 6.05. The molecule has 1 aliphatic heterocycles. The highest BCUT2D eigenvalue weighted by molar-refractivity contribution is 5.91. The van der Waals surface area contributed by atoms with E-state index in [9.17, 15) is 4.79 Å². The second kappa shape index (κ2) is 8.98. The van der Waals surface area contributed by atoms with Gasteiger partial charge in [-0.3, -0.25) is 9.36 Å². The van der Waals surface area contributed by atoms with Gasteiger partial charge in [0.25, 0.3) is 0 Å². The summed E-state index contributed by atoms with van der Waals surface area (Å²) >= 11 is 0. The van der Waals surface area contributed by atoms with Gasteiger partial charge in [-0.2, -0.15) is 0 Å². The average molecular weight is 394 g/mol. The molecule has 0 spiro atoms. The van der Waals surface area contributed by atoms with Gasteiger partial charge in [-0.15, -0.1) is 24.8 Å². The number of anilines is 1. The van der Waals surface area contributed by atoms with E-state index >= 15 is 0 Å². The number of aromatic nitrogens is 3. The number of fused-ring (bicyclic) bond motifs is 1. The van der Waals surface area contributed by atoms with E-state index in [0.717, 1.165) is 36.2 Å². The summed E-state index contributed by atoms with van der Waals surface area (Å²) in [6.45, 7) is 1.01. The third-order valence-electron chi connectivity index (χ3n) is 4.33. The molecule has 6 nitrogen and oxygen atoms in total. The lowest BCUT2D eigenvalue weighted by Crippen LogP contribution is -2.27. The minimum atomic E-state index is 0. The zero-order valence-corrected chi connectivity index (χ0v) is 15.7. The molecule has 0 radical (unpaired) electrons. The summed E-state index contributed by atoms with van der Waals surface area (Å²) in [7, 11) is 0. The van der Waals surface area contributed by atoms with Crippen LogP contribution in [0.3, 0.4) is 0 Å². The molecule has 138 valence electrons. The Morgan fingerprint density at radius 3 is 2.77 bits per heavy atom. The number of pyridine rings is 1. The molecular formula is C18H21Cl2N5O. The molecule has 1 aromatic carbocycles. The van der Waals surface area contributed by atoms with E-state index in [4.69, 9.17) is 0 Å². The fourth-order valence-corrected chi connectivity index (χ4v) is 3.11. The molecule has 1 saturated heterocycles. The van der Waals surface area contributed by atoms with E-state index in [2.05, 4.69) is 20.6 Å². The van der Waals surface area contributed by atoms with E-state index < -0.39 is 0 Å². The zero-order chi connectivity index (χ0) is 16.4. The molecule has 0 bridgehead atoms. The summed E-state index contributed by atoms with van der Waals surface area (Å²) in [6.07, 6.45) is 6.17. The third-order valence-corrected chi connectivity index (χ3v) is 4.33. The van der Waals surface area contributed by atoms with Gasteiger partial charge >= 0.3 is 0 Å². The minimum absolute atomic E-state index is 0. The highest BCUT2D eigenvalue weighted by atomic mass is 35.5. The summed E-state index contributed by atoms with van der Waals surface area (Å²) in [5.74, 6) is 0.802. The van der Waals surface area contributed by atoms with Crippen molar-refractivity contribution in [2.24, 2.45) is 0 Å². The molecule has 1 unspecified atom stereocenters. The first-order valence-electron chi connectivity index (χ1n) is 8.21. The first-order valence-corrected chi connectivity index (χ1v) is 8.21. The number of carbonyl (C=O) groups excluding carboxylic acids is 1. The molecule has 2 aromatic heterocycles. The van der Waals surface area contributed by atoms with Crippen molar-refractivity contribution in [1.82, 2.24) is 19.9 Å². The second-order valence-electron chi connectivity index (χ2n) is 6.05. The van der Waals surface area contributed by atoms with Crippen LogP contribution in [0.1, 0.15) is 19.3 Å². The number of rotatable bonds is 4. The normalized spacial score (nSPS) is 15.9. The number of hydrogen-bond acceptors (Lipinski definition) is 4. The highest BCUT2D eigenvalue weighted by Crippen LogP contribution is 2.18. The smallest absolute Gasteiger partial charge is 0.225 e. The van der Waals surface area contributed by atoms with Gasteiger partial charge in [-0.25, -0.2) is 9.97 Å². The van der Waals surface area contributed by atoms with Crippen LogP contribution in [0, 0.1) is 0 Å². The fourth-order valence-electron chi connectivity index (χ4n) is 3.11. The monoisotopic (exact) mass is 393 g/mol. The van der Waals surface area contributed by atoms with Crippen molar-refractivity contribution in [1.29, 1.82) is 0 Å². The molecule has 2 N–H and O–H groups in total. The average Bonchev–Trinajstić information content (AvgIpc) is 3.25. The Morgan fingerprint density at radius 1 is 1.19 bits per heavy atom. The summed E-state index contributed by atoms with van der Waals surface area (Å²) in [4.78, 5) is 20.9. The van der Waals surface area contributed by atoms with Crippen LogP contribution in [0.4, 0.5) is 5.69 Å². The Bertz CT molecular complexity index is 859. The predicted molar refractivity (Wildman–Crippen MR) is 108 cm³/mol. The molecule has 1 aliphatic rings. The van der Waals surface area contributed by atoms with Crippen molar-refractivity contribution in [2.75, 3.05) is 11.9 Å². The van der Waals surface area contributed by atoms with E-state index in [1.807, 2.05) is 41.0 Å². The standard InChI is InChI=1S/C18H19N5O.2ClH/c24-18(10-13-4-3-9-19-13)22-14-7-8-17(20-11-14)23-12-21-15-5-1-2-6-16(15)23;;/h1-2,5-8,11-13,19H,3-4,9-10H2,(H,22,24);2*1H. The molecule has 3 heterocycles. The molecule has 26 heavy (non-hydrogen) atoms. The number of hydrogen-bond donors (Lipinski definition) is 2. The van der Waals surface area contributed by atoms with Crippen molar-refractivity contribution in [3.63, 3.8) is 0 Å². The van der Waals surface area contributed by atoms with Gasteiger partial charge in [0.2, 0.25) is 5.91 Å². The highest BCUT2D eigenvalue weighted by Gasteiger charge is 2.17. The molecule has 1 fully saturated rings. The Balaban J connectivity index is 0.00000121. The van der Waals surface area contributed by atoms with Gasteiger partial charge < -0.3 is 10.6 Å². The number of halogens is 2. The largest absolute Gasteiger partial charge is 0.325 e. The van der Waals surface area contributed by atoms with Gasteiger partial charge in [0.05, 0.1) is 22.9 Å². The van der Waals surface area contributed by atoms with E-state index in [0.29, 0.717) is 18.2 Å². The number of nitrogens with one attached hydrogen (secondary N) is 2. The molecule has 3 aromatic rings. The van der Waals surface area contributed by atoms with Gasteiger partial charge in [0.15, 0.2) is 0 Å². The van der Waals surface area contributed by atoms with Crippen LogP contribution in [-0.2, 0) is 4.79 Å². The number of carbonyl (C=O) groups is 1. The van der Waals surface area contributed by atoms with E-state index in [1.165, 1.54) is 0 Å². The lowest BCUT2D eigenvalue weighted by atomic mass is 10.1. The lowest BCUT2D eigenvalue weighted by molar-refractivity contribution is -0.116. The molecule has 4 rings (SSSR count). The lowest BCUT2D eigenvalue weighted by Gasteiger charge is -2.10. The number of para-hydroxylation sites is 2. The van der Waals surface area contributed by atoms with Crippen LogP contribution in [0.15, 0.2) is 48.9 Å². The number of nitrogens with zero attached hydrogens (tertiary/aromatic N) is 3. The molecule has 1 amide bonds. The van der Waals surface area contributed by atoms with Crippen molar-refractivity contribution in [2.45, 2.75) is 25.3 Å².